The summed E-state index contributed by atoms with van der Waals surface area (Å²) in [6.07, 6.45) is 2.15. The average molecular weight is 475 g/mol. The van der Waals surface area contributed by atoms with E-state index in [0.29, 0.717) is 30.5 Å². The number of hydrogen-bond acceptors (Lipinski definition) is 6. The molecule has 2 amide bonds. The van der Waals surface area contributed by atoms with Crippen LogP contribution in [0, 0.1) is 0 Å². The third kappa shape index (κ3) is 6.13. The summed E-state index contributed by atoms with van der Waals surface area (Å²) >= 11 is 6.07. The molecule has 1 aromatic heterocycles. The van der Waals surface area contributed by atoms with Crippen molar-refractivity contribution in [2.75, 3.05) is 52.4 Å². The minimum absolute atomic E-state index is 0.0172. The molecule has 0 saturated carbocycles. The van der Waals surface area contributed by atoms with Crippen LogP contribution >= 0.6 is 11.6 Å². The lowest BCUT2D eigenvalue weighted by Crippen LogP contribution is -2.49. The first-order valence-corrected chi connectivity index (χ1v) is 12.0. The van der Waals surface area contributed by atoms with Gasteiger partial charge in [0.2, 0.25) is 5.91 Å². The monoisotopic (exact) mass is 474 g/mol. The molecule has 33 heavy (non-hydrogen) atoms. The van der Waals surface area contributed by atoms with Crippen molar-refractivity contribution in [3.05, 3.63) is 41.0 Å². The third-order valence-corrected chi connectivity index (χ3v) is 6.58. The molecule has 0 spiro atoms. The van der Waals surface area contributed by atoms with E-state index in [-0.39, 0.29) is 30.0 Å². The minimum Gasteiger partial charge on any atom is -0.376 e. The Bertz CT molecular complexity index is 951. The Balaban J connectivity index is 1.41. The smallest absolute Gasteiger partial charge is 0.276 e. The standard InChI is InChI=1S/C24H31ClN4O4/c1-2-27-10-12-28(13-11-27)23(30)8-9-29(17-20-7-4-14-32-20)24(31)21-16-22(33-26-21)18-5-3-6-19(25)15-18/h3,5-6,15-16,20H,2,4,7-14,17H2,1H3. The second-order valence-corrected chi connectivity index (χ2v) is 8.97. The number of halogens is 1. The molecule has 0 aliphatic carbocycles. The lowest BCUT2D eigenvalue weighted by molar-refractivity contribution is -0.133. The highest BCUT2D eigenvalue weighted by Crippen LogP contribution is 2.24. The van der Waals surface area contributed by atoms with Crippen molar-refractivity contribution >= 4 is 23.4 Å². The quantitative estimate of drug-likeness (QED) is 0.584. The van der Waals surface area contributed by atoms with Crippen molar-refractivity contribution < 1.29 is 18.8 Å². The maximum Gasteiger partial charge on any atom is 0.276 e. The average Bonchev–Trinajstić information content (AvgIpc) is 3.53. The van der Waals surface area contributed by atoms with E-state index < -0.39 is 0 Å². The third-order valence-electron chi connectivity index (χ3n) is 6.34. The second kappa shape index (κ2) is 11.1. The molecule has 178 valence electrons. The Morgan fingerprint density at radius 1 is 1.21 bits per heavy atom. The van der Waals surface area contributed by atoms with E-state index in [1.807, 2.05) is 17.0 Å². The van der Waals surface area contributed by atoms with E-state index in [4.69, 9.17) is 20.9 Å². The van der Waals surface area contributed by atoms with E-state index >= 15 is 0 Å². The number of ether oxygens (including phenoxy) is 1. The maximum absolute atomic E-state index is 13.3. The number of nitrogens with zero attached hydrogens (tertiary/aromatic N) is 4. The van der Waals surface area contributed by atoms with Gasteiger partial charge >= 0.3 is 0 Å². The first kappa shape index (κ1) is 23.7. The molecule has 2 aliphatic rings. The van der Waals surface area contributed by atoms with Crippen molar-refractivity contribution in [3.63, 3.8) is 0 Å². The van der Waals surface area contributed by atoms with Gasteiger partial charge in [-0.3, -0.25) is 9.59 Å². The molecular formula is C24H31ClN4O4. The topological polar surface area (TPSA) is 79.1 Å². The van der Waals surface area contributed by atoms with Crippen LogP contribution in [0.2, 0.25) is 5.02 Å². The Kier molecular flexibility index (Phi) is 8.01. The fourth-order valence-electron chi connectivity index (χ4n) is 4.33. The predicted molar refractivity (Wildman–Crippen MR) is 125 cm³/mol. The van der Waals surface area contributed by atoms with Gasteiger partial charge in [-0.15, -0.1) is 0 Å². The number of aromatic nitrogens is 1. The molecular weight excluding hydrogens is 444 g/mol. The zero-order chi connectivity index (χ0) is 23.2. The van der Waals surface area contributed by atoms with Gasteiger partial charge in [-0.05, 0) is 31.5 Å². The van der Waals surface area contributed by atoms with Gasteiger partial charge in [-0.2, -0.15) is 0 Å². The fraction of sp³-hybridized carbons (Fsp3) is 0.542. The van der Waals surface area contributed by atoms with Gasteiger partial charge < -0.3 is 24.0 Å². The highest BCUT2D eigenvalue weighted by Gasteiger charge is 2.27. The Hall–Kier alpha value is -2.42. The van der Waals surface area contributed by atoms with E-state index in [1.54, 1.807) is 23.1 Å². The highest BCUT2D eigenvalue weighted by molar-refractivity contribution is 6.30. The molecule has 1 atom stereocenters. The van der Waals surface area contributed by atoms with Gasteiger partial charge in [0.15, 0.2) is 11.5 Å². The van der Waals surface area contributed by atoms with Crippen LogP contribution in [0.4, 0.5) is 0 Å². The van der Waals surface area contributed by atoms with Crippen molar-refractivity contribution in [2.24, 2.45) is 0 Å². The first-order valence-electron chi connectivity index (χ1n) is 11.7. The molecule has 4 rings (SSSR count). The van der Waals surface area contributed by atoms with Gasteiger partial charge in [0.05, 0.1) is 6.10 Å². The zero-order valence-electron chi connectivity index (χ0n) is 19.0. The van der Waals surface area contributed by atoms with Gasteiger partial charge in [0.25, 0.3) is 5.91 Å². The maximum atomic E-state index is 13.3. The highest BCUT2D eigenvalue weighted by atomic mass is 35.5. The lowest BCUT2D eigenvalue weighted by Gasteiger charge is -2.34. The molecule has 2 fully saturated rings. The summed E-state index contributed by atoms with van der Waals surface area (Å²) < 4.78 is 11.2. The largest absolute Gasteiger partial charge is 0.376 e. The van der Waals surface area contributed by atoms with Crippen LogP contribution in [0.15, 0.2) is 34.9 Å². The number of benzene rings is 1. The van der Waals surface area contributed by atoms with Crippen LogP contribution in [-0.4, -0.2) is 90.2 Å². The summed E-state index contributed by atoms with van der Waals surface area (Å²) in [5.74, 6) is 0.296. The number of piperazine rings is 1. The number of likely N-dealkylation sites (N-methyl/N-ethyl adjacent to an activating group) is 1. The normalized spacial score (nSPS) is 19.1. The molecule has 2 aliphatic heterocycles. The molecule has 2 saturated heterocycles. The molecule has 0 N–H and O–H groups in total. The Morgan fingerprint density at radius 2 is 2.03 bits per heavy atom. The summed E-state index contributed by atoms with van der Waals surface area (Å²) in [5, 5.41) is 4.58. The van der Waals surface area contributed by atoms with Crippen LogP contribution in [0.25, 0.3) is 11.3 Å². The summed E-state index contributed by atoms with van der Waals surface area (Å²) in [6, 6.07) is 8.83. The molecule has 3 heterocycles. The molecule has 1 aromatic carbocycles. The van der Waals surface area contributed by atoms with Crippen molar-refractivity contribution in [1.29, 1.82) is 0 Å². The molecule has 0 bridgehead atoms. The summed E-state index contributed by atoms with van der Waals surface area (Å²) in [5.41, 5.74) is 0.966. The van der Waals surface area contributed by atoms with E-state index in [9.17, 15) is 9.59 Å². The second-order valence-electron chi connectivity index (χ2n) is 8.54. The SMILES string of the molecule is CCN1CCN(C(=O)CCN(CC2CCCO2)C(=O)c2cc(-c3cccc(Cl)c3)on2)CC1. The van der Waals surface area contributed by atoms with E-state index in [2.05, 4.69) is 17.0 Å². The number of amides is 2. The summed E-state index contributed by atoms with van der Waals surface area (Å²) in [7, 11) is 0. The molecule has 0 radical (unpaired) electrons. The molecule has 1 unspecified atom stereocenters. The predicted octanol–water partition coefficient (Wildman–Crippen LogP) is 3.17. The number of carbonyl (C=O) groups excluding carboxylic acids is 2. The van der Waals surface area contributed by atoms with Crippen LogP contribution < -0.4 is 0 Å². The van der Waals surface area contributed by atoms with Gasteiger partial charge in [-0.1, -0.05) is 35.8 Å². The number of carbonyl (C=O) groups is 2. The van der Waals surface area contributed by atoms with Gasteiger partial charge in [0, 0.05) is 68.9 Å². The summed E-state index contributed by atoms with van der Waals surface area (Å²) in [4.78, 5) is 32.0. The van der Waals surface area contributed by atoms with Gasteiger partial charge in [0.1, 0.15) is 0 Å². The van der Waals surface area contributed by atoms with Gasteiger partial charge in [-0.25, -0.2) is 0 Å². The van der Waals surface area contributed by atoms with E-state index in [0.717, 1.165) is 51.1 Å². The zero-order valence-corrected chi connectivity index (χ0v) is 19.8. The van der Waals surface area contributed by atoms with Crippen molar-refractivity contribution in [2.45, 2.75) is 32.3 Å². The molecule has 9 heteroatoms. The Labute approximate surface area is 199 Å². The van der Waals surface area contributed by atoms with Crippen LogP contribution in [0.3, 0.4) is 0 Å². The number of hydrogen-bond donors (Lipinski definition) is 0. The van der Waals surface area contributed by atoms with Crippen LogP contribution in [0.1, 0.15) is 36.7 Å². The van der Waals surface area contributed by atoms with E-state index in [1.165, 1.54) is 0 Å². The summed E-state index contributed by atoms with van der Waals surface area (Å²) in [6.45, 7) is 7.86. The number of rotatable bonds is 8. The first-order chi connectivity index (χ1) is 16.0. The van der Waals surface area contributed by atoms with Crippen molar-refractivity contribution in [1.82, 2.24) is 19.9 Å². The van der Waals surface area contributed by atoms with Crippen LogP contribution in [-0.2, 0) is 9.53 Å². The molecule has 2 aromatic rings. The minimum atomic E-state index is -0.258. The lowest BCUT2D eigenvalue weighted by atomic mass is 10.1. The van der Waals surface area contributed by atoms with Crippen molar-refractivity contribution in [3.8, 4) is 11.3 Å². The molecule has 8 nitrogen and oxygen atoms in total. The van der Waals surface area contributed by atoms with Crippen LogP contribution in [0.5, 0.6) is 0 Å². The Morgan fingerprint density at radius 3 is 2.73 bits per heavy atom. The fourth-order valence-corrected chi connectivity index (χ4v) is 4.52.